The average Bonchev–Trinajstić information content (AvgIpc) is 2.69. The van der Waals surface area contributed by atoms with Crippen LogP contribution in [0.5, 0.6) is 0 Å². The van der Waals surface area contributed by atoms with Crippen LogP contribution in [0.1, 0.15) is 38.7 Å². The Bertz CT molecular complexity index is 422. The fourth-order valence-electron chi connectivity index (χ4n) is 3.49. The van der Waals surface area contributed by atoms with Gasteiger partial charge in [0.2, 0.25) is 0 Å². The van der Waals surface area contributed by atoms with E-state index in [1.807, 2.05) is 25.2 Å². The summed E-state index contributed by atoms with van der Waals surface area (Å²) in [5.41, 5.74) is 1.48. The number of halogens is 2. The second kappa shape index (κ2) is 6.03. The number of benzene rings is 1. The van der Waals surface area contributed by atoms with Crippen LogP contribution in [0.25, 0.3) is 0 Å². The molecule has 1 nitrogen and oxygen atoms in total. The second-order valence-electron chi connectivity index (χ2n) is 6.29. The molecular formula is C16H23Cl2N. The molecule has 1 aliphatic carbocycles. The molecule has 1 aliphatic rings. The van der Waals surface area contributed by atoms with Crippen molar-refractivity contribution < 1.29 is 0 Å². The van der Waals surface area contributed by atoms with E-state index in [4.69, 9.17) is 23.2 Å². The summed E-state index contributed by atoms with van der Waals surface area (Å²) in [5, 5.41) is 5.05. The molecule has 1 aromatic rings. The number of hydrogen-bond acceptors (Lipinski definition) is 1. The lowest BCUT2D eigenvalue weighted by atomic mass is 9.76. The zero-order valence-corrected chi connectivity index (χ0v) is 13.5. The van der Waals surface area contributed by atoms with Gasteiger partial charge in [-0.05, 0) is 55.3 Å². The highest BCUT2D eigenvalue weighted by molar-refractivity contribution is 6.36. The molecule has 19 heavy (non-hydrogen) atoms. The van der Waals surface area contributed by atoms with Crippen molar-refractivity contribution in [2.45, 2.75) is 45.6 Å². The molecule has 1 fully saturated rings. The minimum Gasteiger partial charge on any atom is -0.316 e. The van der Waals surface area contributed by atoms with Gasteiger partial charge >= 0.3 is 0 Å². The lowest BCUT2D eigenvalue weighted by Crippen LogP contribution is -2.40. The SMILES string of the molecule is CNC(Cc1c(Cl)cccc1Cl)C1CCCC1(C)C. The number of rotatable bonds is 4. The van der Waals surface area contributed by atoms with Gasteiger partial charge in [-0.15, -0.1) is 0 Å². The molecule has 2 atom stereocenters. The van der Waals surface area contributed by atoms with Gasteiger partial charge in [0.1, 0.15) is 0 Å². The van der Waals surface area contributed by atoms with E-state index >= 15 is 0 Å². The molecule has 1 saturated carbocycles. The van der Waals surface area contributed by atoms with Crippen molar-refractivity contribution in [2.24, 2.45) is 11.3 Å². The maximum atomic E-state index is 6.30. The second-order valence-corrected chi connectivity index (χ2v) is 7.10. The predicted octanol–water partition coefficient (Wildman–Crippen LogP) is 4.95. The smallest absolute Gasteiger partial charge is 0.0453 e. The predicted molar refractivity (Wildman–Crippen MR) is 84.1 cm³/mol. The minimum absolute atomic E-state index is 0.404. The summed E-state index contributed by atoms with van der Waals surface area (Å²) in [6.45, 7) is 4.76. The van der Waals surface area contributed by atoms with E-state index in [1.54, 1.807) is 0 Å². The molecule has 0 radical (unpaired) electrons. The van der Waals surface area contributed by atoms with E-state index < -0.39 is 0 Å². The zero-order valence-electron chi connectivity index (χ0n) is 12.0. The maximum Gasteiger partial charge on any atom is 0.0453 e. The molecule has 3 heteroatoms. The van der Waals surface area contributed by atoms with Crippen molar-refractivity contribution in [3.63, 3.8) is 0 Å². The van der Waals surface area contributed by atoms with Gasteiger partial charge in [-0.25, -0.2) is 0 Å². The van der Waals surface area contributed by atoms with E-state index in [1.165, 1.54) is 19.3 Å². The van der Waals surface area contributed by atoms with Crippen LogP contribution in [-0.4, -0.2) is 13.1 Å². The molecule has 2 rings (SSSR count). The molecule has 0 aliphatic heterocycles. The van der Waals surface area contributed by atoms with Gasteiger partial charge in [0.15, 0.2) is 0 Å². The summed E-state index contributed by atoms with van der Waals surface area (Å²) in [4.78, 5) is 0. The zero-order chi connectivity index (χ0) is 14.0. The van der Waals surface area contributed by atoms with E-state index in [0.29, 0.717) is 17.4 Å². The van der Waals surface area contributed by atoms with Crippen molar-refractivity contribution in [1.82, 2.24) is 5.32 Å². The number of nitrogens with one attached hydrogen (secondary N) is 1. The molecule has 0 heterocycles. The third kappa shape index (κ3) is 3.26. The van der Waals surface area contributed by atoms with Crippen LogP contribution in [0, 0.1) is 11.3 Å². The van der Waals surface area contributed by atoms with Crippen LogP contribution in [0.3, 0.4) is 0 Å². The first kappa shape index (κ1) is 15.2. The van der Waals surface area contributed by atoms with Gasteiger partial charge in [-0.1, -0.05) is 49.5 Å². The lowest BCUT2D eigenvalue weighted by Gasteiger charge is -2.34. The minimum atomic E-state index is 0.404. The highest BCUT2D eigenvalue weighted by Gasteiger charge is 2.39. The van der Waals surface area contributed by atoms with E-state index in [-0.39, 0.29) is 0 Å². The molecule has 1 N–H and O–H groups in total. The van der Waals surface area contributed by atoms with Gasteiger partial charge in [0, 0.05) is 16.1 Å². The fourth-order valence-corrected chi connectivity index (χ4v) is 4.04. The van der Waals surface area contributed by atoms with Gasteiger partial charge in [0.05, 0.1) is 0 Å². The largest absolute Gasteiger partial charge is 0.316 e. The van der Waals surface area contributed by atoms with Gasteiger partial charge in [-0.2, -0.15) is 0 Å². The average molecular weight is 300 g/mol. The van der Waals surface area contributed by atoms with Crippen LogP contribution in [0.15, 0.2) is 18.2 Å². The standard InChI is InChI=1S/C16H23Cl2N/c1-16(2)9-5-6-12(16)15(19-3)10-11-13(17)7-4-8-14(11)18/h4,7-8,12,15,19H,5-6,9-10H2,1-3H3. The summed E-state index contributed by atoms with van der Waals surface area (Å²) < 4.78 is 0. The van der Waals surface area contributed by atoms with Crippen molar-refractivity contribution in [2.75, 3.05) is 7.05 Å². The van der Waals surface area contributed by atoms with Crippen LogP contribution >= 0.6 is 23.2 Å². The Kier molecular flexibility index (Phi) is 4.81. The number of likely N-dealkylation sites (N-methyl/N-ethyl adjacent to an activating group) is 1. The monoisotopic (exact) mass is 299 g/mol. The Hall–Kier alpha value is -0.240. The van der Waals surface area contributed by atoms with E-state index in [9.17, 15) is 0 Å². The summed E-state index contributed by atoms with van der Waals surface area (Å²) in [7, 11) is 2.05. The molecule has 2 unspecified atom stereocenters. The summed E-state index contributed by atoms with van der Waals surface area (Å²) >= 11 is 12.6. The Morgan fingerprint density at radius 2 is 1.95 bits per heavy atom. The number of hydrogen-bond donors (Lipinski definition) is 1. The molecule has 0 spiro atoms. The van der Waals surface area contributed by atoms with E-state index in [0.717, 1.165) is 22.0 Å². The molecule has 1 aromatic carbocycles. The highest BCUT2D eigenvalue weighted by atomic mass is 35.5. The molecular weight excluding hydrogens is 277 g/mol. The van der Waals surface area contributed by atoms with Crippen LogP contribution in [-0.2, 0) is 6.42 Å². The normalized spacial score (nSPS) is 23.5. The Morgan fingerprint density at radius 3 is 2.42 bits per heavy atom. The van der Waals surface area contributed by atoms with Crippen LogP contribution in [0.2, 0.25) is 10.0 Å². The van der Waals surface area contributed by atoms with Crippen LogP contribution < -0.4 is 5.32 Å². The quantitative estimate of drug-likeness (QED) is 0.829. The Labute approximate surface area is 126 Å². The Balaban J connectivity index is 2.20. The first-order chi connectivity index (χ1) is 8.95. The third-order valence-electron chi connectivity index (χ3n) is 4.68. The Morgan fingerprint density at radius 1 is 1.32 bits per heavy atom. The summed E-state index contributed by atoms with van der Waals surface area (Å²) in [5.74, 6) is 0.685. The molecule has 0 amide bonds. The van der Waals surface area contributed by atoms with Crippen molar-refractivity contribution in [1.29, 1.82) is 0 Å². The first-order valence-electron chi connectivity index (χ1n) is 7.06. The molecule has 0 bridgehead atoms. The molecule has 0 saturated heterocycles. The summed E-state index contributed by atoms with van der Waals surface area (Å²) in [6.07, 6.45) is 4.84. The lowest BCUT2D eigenvalue weighted by molar-refractivity contribution is 0.201. The van der Waals surface area contributed by atoms with Crippen molar-refractivity contribution >= 4 is 23.2 Å². The first-order valence-corrected chi connectivity index (χ1v) is 7.81. The molecule has 106 valence electrons. The maximum absolute atomic E-state index is 6.30. The third-order valence-corrected chi connectivity index (χ3v) is 5.39. The summed E-state index contributed by atoms with van der Waals surface area (Å²) in [6, 6.07) is 6.20. The van der Waals surface area contributed by atoms with Crippen molar-refractivity contribution in [3.8, 4) is 0 Å². The van der Waals surface area contributed by atoms with Gasteiger partial charge in [-0.3, -0.25) is 0 Å². The van der Waals surface area contributed by atoms with Crippen molar-refractivity contribution in [3.05, 3.63) is 33.8 Å². The van der Waals surface area contributed by atoms with Crippen LogP contribution in [0.4, 0.5) is 0 Å². The fraction of sp³-hybridized carbons (Fsp3) is 0.625. The van der Waals surface area contributed by atoms with Gasteiger partial charge in [0.25, 0.3) is 0 Å². The molecule has 0 aromatic heterocycles. The topological polar surface area (TPSA) is 12.0 Å². The van der Waals surface area contributed by atoms with E-state index in [2.05, 4.69) is 19.2 Å². The highest BCUT2D eigenvalue weighted by Crippen LogP contribution is 2.45. The van der Waals surface area contributed by atoms with Gasteiger partial charge < -0.3 is 5.32 Å².